The first-order valence-electron chi connectivity index (χ1n) is 22.9. The Morgan fingerprint density at radius 1 is 0.579 bits per heavy atom. The summed E-state index contributed by atoms with van der Waals surface area (Å²) in [5.74, 6) is 3.85. The quantitative estimate of drug-likeness (QED) is 0.201. The number of rotatable bonds is 4. The zero-order chi connectivity index (χ0) is 39.1. The SMILES string of the molecule is CC1(C)CCC(C)(C)C2C1=CC=CC2N(c1cccc2c1-c1c(-c3ccccc3)cccc1C21C2CC3CC4CC1C42C3)c1cccc2c1C(C)(C)CCC2(C)C. The van der Waals surface area contributed by atoms with Crippen LogP contribution in [0.2, 0.25) is 0 Å². The molecule has 5 saturated carbocycles. The van der Waals surface area contributed by atoms with E-state index in [1.165, 1.54) is 73.9 Å². The maximum absolute atomic E-state index is 2.96. The lowest BCUT2D eigenvalue weighted by Gasteiger charge is -2.76. The van der Waals surface area contributed by atoms with Gasteiger partial charge in [0.05, 0.1) is 6.04 Å². The van der Waals surface area contributed by atoms with Crippen LogP contribution in [0.1, 0.15) is 129 Å². The Kier molecular flexibility index (Phi) is 6.81. The maximum atomic E-state index is 2.96. The Balaban J connectivity index is 1.17. The van der Waals surface area contributed by atoms with E-state index < -0.39 is 0 Å². The zero-order valence-electron chi connectivity index (χ0n) is 35.9. The summed E-state index contributed by atoms with van der Waals surface area (Å²) in [6.45, 7) is 20.3. The molecule has 8 aliphatic rings. The molecule has 0 N–H and O–H groups in total. The van der Waals surface area contributed by atoms with Gasteiger partial charge in [-0.2, -0.15) is 0 Å². The fourth-order valence-electron chi connectivity index (χ4n) is 16.2. The predicted octanol–water partition coefficient (Wildman–Crippen LogP) is 14.5. The molecule has 57 heavy (non-hydrogen) atoms. The Morgan fingerprint density at radius 2 is 1.25 bits per heavy atom. The molecule has 12 rings (SSSR count). The molecule has 4 aromatic carbocycles. The highest BCUT2D eigenvalue weighted by Gasteiger charge is 2.84. The molecule has 2 spiro atoms. The first kappa shape index (κ1) is 35.1. The summed E-state index contributed by atoms with van der Waals surface area (Å²) in [5.41, 5.74) is 18.1. The molecule has 1 heteroatoms. The number of nitrogens with zero attached hydrogens (tertiary/aromatic N) is 1. The summed E-state index contributed by atoms with van der Waals surface area (Å²) in [4.78, 5) is 2.96. The van der Waals surface area contributed by atoms with E-state index in [2.05, 4.69) is 163 Å². The zero-order valence-corrected chi connectivity index (χ0v) is 35.9. The van der Waals surface area contributed by atoms with Gasteiger partial charge in [-0.25, -0.2) is 0 Å². The summed E-state index contributed by atoms with van der Waals surface area (Å²) >= 11 is 0. The molecule has 5 fully saturated rings. The lowest BCUT2D eigenvalue weighted by molar-refractivity contribution is -0.231. The lowest BCUT2D eigenvalue weighted by Crippen LogP contribution is -2.73. The summed E-state index contributed by atoms with van der Waals surface area (Å²) in [5, 5.41) is 0. The minimum absolute atomic E-state index is 0.0642. The molecule has 0 radical (unpaired) electrons. The van der Waals surface area contributed by atoms with Crippen molar-refractivity contribution < 1.29 is 0 Å². The molecule has 0 heterocycles. The van der Waals surface area contributed by atoms with Crippen LogP contribution in [0.3, 0.4) is 0 Å². The van der Waals surface area contributed by atoms with Crippen molar-refractivity contribution in [1.82, 2.24) is 0 Å². The maximum Gasteiger partial charge on any atom is 0.0596 e. The average molecular weight is 750 g/mol. The van der Waals surface area contributed by atoms with Gasteiger partial charge in [-0.05, 0) is 153 Å². The van der Waals surface area contributed by atoms with Gasteiger partial charge >= 0.3 is 0 Å². The monoisotopic (exact) mass is 749 g/mol. The molecular weight excluding hydrogens is 687 g/mol. The van der Waals surface area contributed by atoms with Crippen LogP contribution in [0.25, 0.3) is 22.3 Å². The van der Waals surface area contributed by atoms with Crippen molar-refractivity contribution in [3.8, 4) is 22.3 Å². The van der Waals surface area contributed by atoms with Crippen LogP contribution in [0.4, 0.5) is 11.4 Å². The first-order chi connectivity index (χ1) is 27.2. The third-order valence-electron chi connectivity index (χ3n) is 18.8. The van der Waals surface area contributed by atoms with Crippen LogP contribution in [-0.4, -0.2) is 6.04 Å². The summed E-state index contributed by atoms with van der Waals surface area (Å²) in [7, 11) is 0. The van der Waals surface area contributed by atoms with Crippen molar-refractivity contribution >= 4 is 11.4 Å². The number of hydrogen-bond acceptors (Lipinski definition) is 1. The molecule has 0 aliphatic heterocycles. The van der Waals surface area contributed by atoms with Crippen LogP contribution in [0.5, 0.6) is 0 Å². The third-order valence-corrected chi connectivity index (χ3v) is 18.8. The second-order valence-corrected chi connectivity index (χ2v) is 23.0. The number of benzene rings is 4. The van der Waals surface area contributed by atoms with E-state index in [9.17, 15) is 0 Å². The van der Waals surface area contributed by atoms with Crippen LogP contribution >= 0.6 is 0 Å². The molecule has 2 bridgehead atoms. The minimum atomic E-state index is 0.0642. The van der Waals surface area contributed by atoms with Gasteiger partial charge in [-0.3, -0.25) is 0 Å². The molecule has 0 amide bonds. The Labute approximate surface area is 343 Å². The highest BCUT2D eigenvalue weighted by atomic mass is 15.2. The third kappa shape index (κ3) is 4.18. The molecular formula is C56H63N. The average Bonchev–Trinajstić information content (AvgIpc) is 3.83. The number of fused-ring (bicyclic) bond motifs is 10. The normalized spacial score (nSPS) is 35.5. The van der Waals surface area contributed by atoms with Crippen molar-refractivity contribution in [2.45, 2.75) is 129 Å². The van der Waals surface area contributed by atoms with E-state index in [1.807, 2.05) is 0 Å². The van der Waals surface area contributed by atoms with Crippen molar-refractivity contribution in [3.05, 3.63) is 131 Å². The highest BCUT2D eigenvalue weighted by Crippen LogP contribution is 2.90. The van der Waals surface area contributed by atoms with Crippen LogP contribution < -0.4 is 4.90 Å². The minimum Gasteiger partial charge on any atom is -0.333 e. The fourth-order valence-corrected chi connectivity index (χ4v) is 16.2. The second-order valence-electron chi connectivity index (χ2n) is 23.0. The molecule has 1 nitrogen and oxygen atoms in total. The molecule has 8 atom stereocenters. The molecule has 4 aromatic rings. The van der Waals surface area contributed by atoms with Crippen molar-refractivity contribution in [2.75, 3.05) is 4.90 Å². The Bertz CT molecular complexity index is 2440. The first-order valence-corrected chi connectivity index (χ1v) is 22.9. The molecule has 8 aliphatic carbocycles. The van der Waals surface area contributed by atoms with Gasteiger partial charge in [-0.1, -0.05) is 152 Å². The van der Waals surface area contributed by atoms with Crippen molar-refractivity contribution in [3.63, 3.8) is 0 Å². The van der Waals surface area contributed by atoms with Crippen molar-refractivity contribution in [1.29, 1.82) is 0 Å². The van der Waals surface area contributed by atoms with E-state index in [1.54, 1.807) is 39.0 Å². The Morgan fingerprint density at radius 3 is 2.02 bits per heavy atom. The molecule has 292 valence electrons. The van der Waals surface area contributed by atoms with E-state index >= 15 is 0 Å². The predicted molar refractivity (Wildman–Crippen MR) is 238 cm³/mol. The summed E-state index contributed by atoms with van der Waals surface area (Å²) < 4.78 is 0. The molecule has 0 saturated heterocycles. The van der Waals surface area contributed by atoms with E-state index in [-0.39, 0.29) is 33.1 Å². The van der Waals surface area contributed by atoms with Crippen LogP contribution in [-0.2, 0) is 16.2 Å². The summed E-state index contributed by atoms with van der Waals surface area (Å²) in [6.07, 6.45) is 18.4. The number of hydrogen-bond donors (Lipinski definition) is 0. The molecule has 0 aromatic heterocycles. The van der Waals surface area contributed by atoms with Crippen LogP contribution in [0, 0.1) is 45.8 Å². The molecule has 8 unspecified atom stereocenters. The second kappa shape index (κ2) is 11.0. The van der Waals surface area contributed by atoms with Gasteiger partial charge in [0, 0.05) is 28.3 Å². The highest BCUT2D eigenvalue weighted by molar-refractivity contribution is 6.00. The van der Waals surface area contributed by atoms with Gasteiger partial charge < -0.3 is 4.90 Å². The van der Waals surface area contributed by atoms with Crippen molar-refractivity contribution in [2.24, 2.45) is 45.8 Å². The standard InChI is InChI=1S/C56H63N/c1-51(2)26-28-53(5,6)49-40(51)21-14-24-43(49)57(44-25-15-22-41-50(44)54(7,8)29-27-52(41,3)4)42-23-13-20-39-48(42)47-37(35-16-10-9-11-17-35)18-12-19-38(47)56(39)45-31-34-30-36-32-46(56)55(36,45)33-34/h9-25,34,36,43,45-46,49H,26-33H2,1-8H3. The smallest absolute Gasteiger partial charge is 0.0596 e. The topological polar surface area (TPSA) is 3.24 Å². The summed E-state index contributed by atoms with van der Waals surface area (Å²) in [6, 6.07) is 34.2. The largest absolute Gasteiger partial charge is 0.333 e. The number of anilines is 2. The van der Waals surface area contributed by atoms with Gasteiger partial charge in [0.15, 0.2) is 0 Å². The van der Waals surface area contributed by atoms with Gasteiger partial charge in [-0.15, -0.1) is 0 Å². The number of allylic oxidation sites excluding steroid dienone is 2. The van der Waals surface area contributed by atoms with Crippen LogP contribution in [0.15, 0.2) is 109 Å². The fraction of sp³-hybridized carbons (Fsp3) is 0.500. The van der Waals surface area contributed by atoms with E-state index in [0.717, 1.165) is 23.7 Å². The van der Waals surface area contributed by atoms with E-state index in [4.69, 9.17) is 0 Å². The van der Waals surface area contributed by atoms with Gasteiger partial charge in [0.1, 0.15) is 0 Å². The Hall–Kier alpha value is -3.84. The van der Waals surface area contributed by atoms with E-state index in [0.29, 0.717) is 11.3 Å². The lowest BCUT2D eigenvalue weighted by atomic mass is 9.27. The van der Waals surface area contributed by atoms with Gasteiger partial charge in [0.25, 0.3) is 0 Å². The van der Waals surface area contributed by atoms with Gasteiger partial charge in [0.2, 0.25) is 0 Å².